The van der Waals surface area contributed by atoms with Crippen LogP contribution in [0.15, 0.2) is 22.7 Å². The Labute approximate surface area is 115 Å². The van der Waals surface area contributed by atoms with Crippen molar-refractivity contribution >= 4 is 39.1 Å². The molecule has 0 aliphatic carbocycles. The van der Waals surface area contributed by atoms with E-state index in [9.17, 15) is 4.79 Å². The molecule has 0 aliphatic rings. The minimum absolute atomic E-state index is 0.193. The summed E-state index contributed by atoms with van der Waals surface area (Å²) in [6.45, 7) is 4.06. The predicted molar refractivity (Wildman–Crippen MR) is 75.2 cm³/mol. The molecule has 0 aliphatic heterocycles. The molecule has 0 fully saturated rings. The van der Waals surface area contributed by atoms with E-state index in [1.54, 1.807) is 18.2 Å². The Morgan fingerprint density at radius 2 is 2.18 bits per heavy atom. The topological polar surface area (TPSA) is 55.1 Å². The first-order valence-electron chi connectivity index (χ1n) is 5.42. The van der Waals surface area contributed by atoms with Crippen molar-refractivity contribution in [3.63, 3.8) is 0 Å². The van der Waals surface area contributed by atoms with Gasteiger partial charge in [0.1, 0.15) is 0 Å². The average Bonchev–Trinajstić information content (AvgIpc) is 2.23. The van der Waals surface area contributed by atoms with E-state index in [2.05, 4.69) is 21.2 Å². The lowest BCUT2D eigenvalue weighted by atomic mass is 10.0. The number of anilines is 1. The molecule has 17 heavy (non-hydrogen) atoms. The Kier molecular flexibility index (Phi) is 5.43. The van der Waals surface area contributed by atoms with Crippen molar-refractivity contribution < 1.29 is 4.79 Å². The highest BCUT2D eigenvalue weighted by Gasteiger charge is 2.16. The summed E-state index contributed by atoms with van der Waals surface area (Å²) in [6, 6.07) is 4.79. The predicted octanol–water partition coefficient (Wildman–Crippen LogP) is 3.41. The monoisotopic (exact) mass is 318 g/mol. The van der Waals surface area contributed by atoms with Crippen molar-refractivity contribution in [3.8, 4) is 0 Å². The maximum Gasteiger partial charge on any atom is 0.241 e. The second-order valence-corrected chi connectivity index (χ2v) is 5.53. The minimum atomic E-state index is -0.499. The van der Waals surface area contributed by atoms with E-state index < -0.39 is 6.04 Å². The summed E-state index contributed by atoms with van der Waals surface area (Å²) >= 11 is 9.25. The van der Waals surface area contributed by atoms with E-state index in [0.717, 1.165) is 0 Å². The van der Waals surface area contributed by atoms with Crippen LogP contribution in [0.4, 0.5) is 5.69 Å². The van der Waals surface area contributed by atoms with Crippen LogP contribution in [-0.2, 0) is 4.79 Å². The normalized spacial score (nSPS) is 12.6. The zero-order chi connectivity index (χ0) is 13.0. The number of carbonyl (C=O) groups excluding carboxylic acids is 1. The van der Waals surface area contributed by atoms with E-state index in [-0.39, 0.29) is 5.91 Å². The van der Waals surface area contributed by atoms with Gasteiger partial charge in [-0.2, -0.15) is 0 Å². The van der Waals surface area contributed by atoms with Gasteiger partial charge in [0.25, 0.3) is 0 Å². The SMILES string of the molecule is CC(C)C[C@H](N)C(=O)Nc1cccc(Cl)c1Br. The molecule has 0 radical (unpaired) electrons. The first-order valence-corrected chi connectivity index (χ1v) is 6.59. The van der Waals surface area contributed by atoms with Crippen LogP contribution in [0.5, 0.6) is 0 Å². The number of nitrogens with two attached hydrogens (primary N) is 1. The molecular weight excluding hydrogens is 304 g/mol. The van der Waals surface area contributed by atoms with Crippen LogP contribution in [0.3, 0.4) is 0 Å². The van der Waals surface area contributed by atoms with Crippen LogP contribution < -0.4 is 11.1 Å². The smallest absolute Gasteiger partial charge is 0.241 e. The molecule has 1 amide bonds. The fourth-order valence-corrected chi connectivity index (χ4v) is 1.98. The summed E-state index contributed by atoms with van der Waals surface area (Å²) in [5.41, 5.74) is 6.43. The third-order valence-corrected chi connectivity index (χ3v) is 3.67. The van der Waals surface area contributed by atoms with E-state index >= 15 is 0 Å². The van der Waals surface area contributed by atoms with Crippen molar-refractivity contribution in [1.82, 2.24) is 0 Å². The highest BCUT2D eigenvalue weighted by Crippen LogP contribution is 2.30. The number of halogens is 2. The van der Waals surface area contributed by atoms with E-state index in [1.165, 1.54) is 0 Å². The Bertz CT molecular complexity index is 409. The van der Waals surface area contributed by atoms with E-state index in [4.69, 9.17) is 17.3 Å². The van der Waals surface area contributed by atoms with Gasteiger partial charge >= 0.3 is 0 Å². The molecule has 0 unspecified atom stereocenters. The largest absolute Gasteiger partial charge is 0.324 e. The van der Waals surface area contributed by atoms with Crippen molar-refractivity contribution in [2.75, 3.05) is 5.32 Å². The molecule has 1 atom stereocenters. The van der Waals surface area contributed by atoms with Crippen molar-refractivity contribution in [1.29, 1.82) is 0 Å². The summed E-state index contributed by atoms with van der Waals surface area (Å²) in [6.07, 6.45) is 0.657. The number of carbonyl (C=O) groups is 1. The Morgan fingerprint density at radius 1 is 1.53 bits per heavy atom. The number of rotatable bonds is 4. The molecule has 0 saturated heterocycles. The first kappa shape index (κ1) is 14.5. The fraction of sp³-hybridized carbons (Fsp3) is 0.417. The van der Waals surface area contributed by atoms with Gasteiger partial charge in [-0.05, 0) is 40.4 Å². The lowest BCUT2D eigenvalue weighted by molar-refractivity contribution is -0.117. The highest BCUT2D eigenvalue weighted by atomic mass is 79.9. The second-order valence-electron chi connectivity index (χ2n) is 4.33. The summed E-state index contributed by atoms with van der Waals surface area (Å²) < 4.78 is 0.673. The maximum absolute atomic E-state index is 11.8. The Balaban J connectivity index is 2.71. The molecule has 3 nitrogen and oxygen atoms in total. The van der Waals surface area contributed by atoms with Crippen LogP contribution in [0.25, 0.3) is 0 Å². The van der Waals surface area contributed by atoms with Gasteiger partial charge in [-0.25, -0.2) is 0 Å². The number of amides is 1. The van der Waals surface area contributed by atoms with Crippen molar-refractivity contribution in [2.45, 2.75) is 26.3 Å². The molecule has 3 N–H and O–H groups in total. The van der Waals surface area contributed by atoms with Crippen LogP contribution in [0.2, 0.25) is 5.02 Å². The lowest BCUT2D eigenvalue weighted by Crippen LogP contribution is -2.36. The molecule has 0 bridgehead atoms. The van der Waals surface area contributed by atoms with Crippen LogP contribution in [0.1, 0.15) is 20.3 Å². The van der Waals surface area contributed by atoms with E-state index in [1.807, 2.05) is 13.8 Å². The molecule has 1 rings (SSSR count). The molecule has 1 aromatic carbocycles. The molecule has 0 saturated carbocycles. The molecule has 0 aromatic heterocycles. The Hall–Kier alpha value is -0.580. The zero-order valence-electron chi connectivity index (χ0n) is 9.84. The van der Waals surface area contributed by atoms with Gasteiger partial charge in [0, 0.05) is 0 Å². The van der Waals surface area contributed by atoms with Crippen LogP contribution in [-0.4, -0.2) is 11.9 Å². The second kappa shape index (κ2) is 6.38. The van der Waals surface area contributed by atoms with Gasteiger partial charge in [-0.3, -0.25) is 4.79 Å². The van der Waals surface area contributed by atoms with Crippen LogP contribution >= 0.6 is 27.5 Å². The van der Waals surface area contributed by atoms with Crippen molar-refractivity contribution in [2.24, 2.45) is 11.7 Å². The average molecular weight is 320 g/mol. The van der Waals surface area contributed by atoms with Gasteiger partial charge < -0.3 is 11.1 Å². The van der Waals surface area contributed by atoms with Gasteiger partial charge in [0.05, 0.1) is 21.2 Å². The molecule has 1 aromatic rings. The molecule has 0 heterocycles. The van der Waals surface area contributed by atoms with Gasteiger partial charge in [0.15, 0.2) is 0 Å². The number of hydrogen-bond donors (Lipinski definition) is 2. The quantitative estimate of drug-likeness (QED) is 0.893. The lowest BCUT2D eigenvalue weighted by Gasteiger charge is -2.15. The Morgan fingerprint density at radius 3 is 2.76 bits per heavy atom. The van der Waals surface area contributed by atoms with Gasteiger partial charge in [-0.1, -0.05) is 31.5 Å². The summed E-state index contributed by atoms with van der Waals surface area (Å²) in [5.74, 6) is 0.195. The van der Waals surface area contributed by atoms with Crippen molar-refractivity contribution in [3.05, 3.63) is 27.7 Å². The molecular formula is C12H16BrClN2O. The number of nitrogens with one attached hydrogen (secondary N) is 1. The van der Waals surface area contributed by atoms with E-state index in [0.29, 0.717) is 27.5 Å². The summed E-state index contributed by atoms with van der Waals surface area (Å²) in [4.78, 5) is 11.8. The summed E-state index contributed by atoms with van der Waals surface area (Å²) in [5, 5.41) is 3.32. The van der Waals surface area contributed by atoms with Crippen LogP contribution in [0, 0.1) is 5.92 Å². The molecule has 5 heteroatoms. The third-order valence-electron chi connectivity index (χ3n) is 2.27. The maximum atomic E-state index is 11.8. The standard InChI is InChI=1S/C12H16BrClN2O/c1-7(2)6-9(15)12(17)16-10-5-3-4-8(14)11(10)13/h3-5,7,9H,6,15H2,1-2H3,(H,16,17)/t9-/m0/s1. The molecule has 0 spiro atoms. The number of hydrogen-bond acceptors (Lipinski definition) is 2. The summed E-state index contributed by atoms with van der Waals surface area (Å²) in [7, 11) is 0. The highest BCUT2D eigenvalue weighted by molar-refractivity contribution is 9.10. The zero-order valence-corrected chi connectivity index (χ0v) is 12.2. The minimum Gasteiger partial charge on any atom is -0.324 e. The number of benzene rings is 1. The van der Waals surface area contributed by atoms with Gasteiger partial charge in [-0.15, -0.1) is 0 Å². The third kappa shape index (κ3) is 4.30. The fourth-order valence-electron chi connectivity index (χ4n) is 1.44. The first-order chi connectivity index (χ1) is 7.91. The van der Waals surface area contributed by atoms with Gasteiger partial charge in [0.2, 0.25) is 5.91 Å². The molecule has 94 valence electrons.